The van der Waals surface area contributed by atoms with Crippen molar-refractivity contribution in [3.8, 4) is 0 Å². The van der Waals surface area contributed by atoms with Crippen LogP contribution in [0.5, 0.6) is 0 Å². The van der Waals surface area contributed by atoms with E-state index in [2.05, 4.69) is 29.4 Å². The highest BCUT2D eigenvalue weighted by Gasteiger charge is 2.29. The molecule has 1 saturated heterocycles. The van der Waals surface area contributed by atoms with Gasteiger partial charge >= 0.3 is 0 Å². The zero-order valence-electron chi connectivity index (χ0n) is 21.6. The minimum absolute atomic E-state index is 0. The fourth-order valence-electron chi connectivity index (χ4n) is 5.15. The quantitative estimate of drug-likeness (QED) is 0.608. The molecule has 0 radical (unpaired) electrons. The Bertz CT molecular complexity index is 1140. The Balaban J connectivity index is 0.00000432. The fraction of sp³-hybridized carbons (Fsp3) is 0.538. The monoisotopic (exact) mass is 510 g/mol. The molecule has 0 aliphatic carbocycles. The van der Waals surface area contributed by atoms with E-state index in [0.717, 1.165) is 12.8 Å². The first-order chi connectivity index (χ1) is 16.0. The van der Waals surface area contributed by atoms with E-state index in [1.165, 1.54) is 37.6 Å². The van der Waals surface area contributed by atoms with Gasteiger partial charge in [0.05, 0.1) is 5.69 Å². The number of hydrogen-bond acceptors (Lipinski definition) is 4. The second kappa shape index (κ2) is 11.5. The van der Waals surface area contributed by atoms with Crippen molar-refractivity contribution in [2.24, 2.45) is 7.05 Å². The lowest BCUT2D eigenvalue weighted by molar-refractivity contribution is 0.0949. The summed E-state index contributed by atoms with van der Waals surface area (Å²) >= 11 is 0. The van der Waals surface area contributed by atoms with E-state index in [9.17, 15) is 18.4 Å². The third-order valence-electron chi connectivity index (χ3n) is 7.09. The highest BCUT2D eigenvalue weighted by Crippen LogP contribution is 2.30. The smallest absolute Gasteiger partial charge is 0.255 e. The van der Waals surface area contributed by atoms with Crippen molar-refractivity contribution in [1.82, 2.24) is 15.2 Å². The number of anilines is 1. The minimum atomic E-state index is -0.496. The lowest BCUT2D eigenvalue weighted by atomic mass is 9.92. The third-order valence-corrected chi connectivity index (χ3v) is 7.09. The SMILES string of the molecule is CCN(c1cc(F)cc(C(=O)NCc2c(C)c(F)c(C)n(C)c2=O)c1C)C1CC(C)NC(C)C1.Cl. The number of aromatic nitrogens is 1. The number of rotatable bonds is 6. The van der Waals surface area contributed by atoms with E-state index < -0.39 is 17.5 Å². The average Bonchev–Trinajstić information content (AvgIpc) is 2.78. The first-order valence-corrected chi connectivity index (χ1v) is 11.9. The van der Waals surface area contributed by atoms with Crippen LogP contribution in [0.15, 0.2) is 16.9 Å². The first kappa shape index (κ1) is 28.8. The molecule has 2 unspecified atom stereocenters. The van der Waals surface area contributed by atoms with Gasteiger partial charge in [-0.15, -0.1) is 12.4 Å². The summed E-state index contributed by atoms with van der Waals surface area (Å²) in [6.07, 6.45) is 1.86. The van der Waals surface area contributed by atoms with Crippen LogP contribution in [0.3, 0.4) is 0 Å². The number of pyridine rings is 1. The molecule has 1 fully saturated rings. The van der Waals surface area contributed by atoms with Crippen molar-refractivity contribution >= 4 is 24.0 Å². The molecular formula is C26H37ClF2N4O2. The van der Waals surface area contributed by atoms with Crippen LogP contribution in [0.4, 0.5) is 14.5 Å². The second-order valence-electron chi connectivity index (χ2n) is 9.53. The molecule has 1 aliphatic rings. The minimum Gasteiger partial charge on any atom is -0.368 e. The maximum atomic E-state index is 14.7. The number of benzene rings is 1. The molecule has 1 aliphatic heterocycles. The van der Waals surface area contributed by atoms with E-state index in [4.69, 9.17) is 0 Å². The van der Waals surface area contributed by atoms with Crippen molar-refractivity contribution in [3.63, 3.8) is 0 Å². The standard InChI is InChI=1S/C26H36F2N4O2.ClH/c1-8-32(20-9-14(2)30-15(3)10-20)23-12-19(27)11-21(16(23)4)25(33)29-13-22-17(5)24(28)18(6)31(7)26(22)34;/h11-12,14-15,20,30H,8-10,13H2,1-7H3,(H,29,33);1H. The van der Waals surface area contributed by atoms with Crippen molar-refractivity contribution in [2.45, 2.75) is 79.1 Å². The molecule has 2 aromatic rings. The van der Waals surface area contributed by atoms with Crippen molar-refractivity contribution < 1.29 is 13.6 Å². The van der Waals surface area contributed by atoms with E-state index in [0.29, 0.717) is 29.9 Å². The highest BCUT2D eigenvalue weighted by molar-refractivity contribution is 5.97. The normalized spacial score (nSPS) is 19.7. The van der Waals surface area contributed by atoms with Gasteiger partial charge in [0.1, 0.15) is 11.6 Å². The molecule has 35 heavy (non-hydrogen) atoms. The van der Waals surface area contributed by atoms with Gasteiger partial charge in [-0.25, -0.2) is 8.78 Å². The summed E-state index contributed by atoms with van der Waals surface area (Å²) in [6.45, 7) is 11.8. The second-order valence-corrected chi connectivity index (χ2v) is 9.53. The van der Waals surface area contributed by atoms with Crippen LogP contribution in [0.2, 0.25) is 0 Å². The van der Waals surface area contributed by atoms with Crippen LogP contribution >= 0.6 is 12.4 Å². The van der Waals surface area contributed by atoms with Gasteiger partial charge in [-0.05, 0) is 77.6 Å². The summed E-state index contributed by atoms with van der Waals surface area (Å²) in [5, 5.41) is 6.23. The largest absolute Gasteiger partial charge is 0.368 e. The summed E-state index contributed by atoms with van der Waals surface area (Å²) in [5.41, 5.74) is 1.87. The fourth-order valence-corrected chi connectivity index (χ4v) is 5.15. The molecule has 2 N–H and O–H groups in total. The molecule has 2 heterocycles. The zero-order chi connectivity index (χ0) is 25.3. The molecule has 3 rings (SSSR count). The Labute approximate surface area is 212 Å². The number of halogens is 3. The van der Waals surface area contributed by atoms with Gasteiger partial charge in [0.15, 0.2) is 0 Å². The van der Waals surface area contributed by atoms with Crippen LogP contribution in [0.25, 0.3) is 0 Å². The summed E-state index contributed by atoms with van der Waals surface area (Å²) in [5.74, 6) is -1.46. The molecule has 1 amide bonds. The Morgan fingerprint density at radius 1 is 1.14 bits per heavy atom. The molecule has 0 bridgehead atoms. The highest BCUT2D eigenvalue weighted by atomic mass is 35.5. The van der Waals surface area contributed by atoms with Gasteiger partial charge in [0, 0.05) is 55.1 Å². The molecule has 9 heteroatoms. The summed E-state index contributed by atoms with van der Waals surface area (Å²) in [7, 11) is 1.50. The van der Waals surface area contributed by atoms with E-state index in [1.807, 2.05) is 13.8 Å². The Hall–Kier alpha value is -2.45. The van der Waals surface area contributed by atoms with Crippen LogP contribution in [0, 0.1) is 32.4 Å². The lowest BCUT2D eigenvalue weighted by Crippen LogP contribution is -2.51. The van der Waals surface area contributed by atoms with Gasteiger partial charge in [-0.3, -0.25) is 9.59 Å². The number of hydrogen-bond donors (Lipinski definition) is 2. The van der Waals surface area contributed by atoms with Crippen molar-refractivity contribution in [1.29, 1.82) is 0 Å². The average molecular weight is 511 g/mol. The molecule has 1 aromatic heterocycles. The summed E-state index contributed by atoms with van der Waals surface area (Å²) in [6, 6.07) is 3.63. The maximum Gasteiger partial charge on any atom is 0.255 e. The molecule has 194 valence electrons. The summed E-state index contributed by atoms with van der Waals surface area (Å²) in [4.78, 5) is 27.9. The van der Waals surface area contributed by atoms with Gasteiger partial charge in [-0.1, -0.05) is 0 Å². The summed E-state index contributed by atoms with van der Waals surface area (Å²) < 4.78 is 30.4. The predicted octanol–water partition coefficient (Wildman–Crippen LogP) is 4.30. The van der Waals surface area contributed by atoms with Crippen LogP contribution in [-0.4, -0.2) is 35.1 Å². The molecule has 0 spiro atoms. The molecule has 0 saturated carbocycles. The van der Waals surface area contributed by atoms with Crippen LogP contribution in [0.1, 0.15) is 66.4 Å². The van der Waals surface area contributed by atoms with Crippen molar-refractivity contribution in [2.75, 3.05) is 11.4 Å². The zero-order valence-corrected chi connectivity index (χ0v) is 22.4. The number of piperidine rings is 1. The number of carbonyl (C=O) groups excluding carboxylic acids is 1. The molecule has 6 nitrogen and oxygen atoms in total. The number of nitrogens with zero attached hydrogens (tertiary/aromatic N) is 2. The van der Waals surface area contributed by atoms with E-state index in [1.54, 1.807) is 0 Å². The maximum absolute atomic E-state index is 14.7. The van der Waals surface area contributed by atoms with Crippen LogP contribution in [-0.2, 0) is 13.6 Å². The number of nitrogens with one attached hydrogen (secondary N) is 2. The van der Waals surface area contributed by atoms with Gasteiger partial charge in [0.2, 0.25) is 0 Å². The van der Waals surface area contributed by atoms with Gasteiger partial charge in [0.25, 0.3) is 11.5 Å². The molecular weight excluding hydrogens is 474 g/mol. The number of amides is 1. The van der Waals surface area contributed by atoms with E-state index >= 15 is 0 Å². The Morgan fingerprint density at radius 3 is 2.31 bits per heavy atom. The number of carbonyl (C=O) groups is 1. The lowest BCUT2D eigenvalue weighted by Gasteiger charge is -2.41. The van der Waals surface area contributed by atoms with Crippen LogP contribution < -0.4 is 21.1 Å². The van der Waals surface area contributed by atoms with E-state index in [-0.39, 0.29) is 52.9 Å². The molecule has 1 aromatic carbocycles. The van der Waals surface area contributed by atoms with Gasteiger partial charge in [-0.2, -0.15) is 0 Å². The topological polar surface area (TPSA) is 66.4 Å². The predicted molar refractivity (Wildman–Crippen MR) is 139 cm³/mol. The Kier molecular flexibility index (Phi) is 9.48. The Morgan fingerprint density at radius 2 is 1.74 bits per heavy atom. The van der Waals surface area contributed by atoms with Crippen molar-refractivity contribution in [3.05, 3.63) is 62.1 Å². The third kappa shape index (κ3) is 5.86. The first-order valence-electron chi connectivity index (χ1n) is 11.9. The van der Waals surface area contributed by atoms with Gasteiger partial charge < -0.3 is 20.1 Å². The molecule has 2 atom stereocenters.